The summed E-state index contributed by atoms with van der Waals surface area (Å²) >= 11 is 0. The van der Waals surface area contributed by atoms with E-state index in [0.29, 0.717) is 5.92 Å². The Morgan fingerprint density at radius 3 is 2.94 bits per heavy atom. The quantitative estimate of drug-likeness (QED) is 0.814. The molecule has 1 aliphatic rings. The van der Waals surface area contributed by atoms with Crippen molar-refractivity contribution in [1.29, 1.82) is 0 Å². The molecule has 1 saturated carbocycles. The molecule has 17 heavy (non-hydrogen) atoms. The lowest BCUT2D eigenvalue weighted by atomic mass is 9.81. The zero-order chi connectivity index (χ0) is 12.4. The minimum atomic E-state index is 0.559. The van der Waals surface area contributed by atoms with Gasteiger partial charge in [-0.2, -0.15) is 0 Å². The number of hydrogen-bond acceptors (Lipinski definition) is 2. The molecule has 0 spiro atoms. The first kappa shape index (κ1) is 12.2. The van der Waals surface area contributed by atoms with Gasteiger partial charge in [-0.15, -0.1) is 6.58 Å². The number of allylic oxidation sites excluding steroid dienone is 1. The second-order valence-corrected chi connectivity index (χ2v) is 5.30. The first-order valence-electron chi connectivity index (χ1n) is 6.56. The Morgan fingerprint density at radius 1 is 1.53 bits per heavy atom. The van der Waals surface area contributed by atoms with Crippen molar-refractivity contribution in [2.75, 3.05) is 5.73 Å². The summed E-state index contributed by atoms with van der Waals surface area (Å²) in [5.41, 5.74) is 7.34. The van der Waals surface area contributed by atoms with Crippen LogP contribution in [-0.4, -0.2) is 9.55 Å². The van der Waals surface area contributed by atoms with Gasteiger partial charge in [-0.1, -0.05) is 25.8 Å². The Balaban J connectivity index is 2.26. The van der Waals surface area contributed by atoms with Crippen LogP contribution in [0.15, 0.2) is 12.7 Å². The van der Waals surface area contributed by atoms with Gasteiger partial charge in [0.1, 0.15) is 11.6 Å². The molecule has 1 fully saturated rings. The molecule has 0 saturated heterocycles. The molecule has 3 nitrogen and oxygen atoms in total. The summed E-state index contributed by atoms with van der Waals surface area (Å²) in [6, 6.07) is 0. The smallest absolute Gasteiger partial charge is 0.127 e. The molecular weight excluding hydrogens is 210 g/mol. The minimum Gasteiger partial charge on any atom is -0.384 e. The van der Waals surface area contributed by atoms with E-state index in [0.717, 1.165) is 29.8 Å². The average molecular weight is 233 g/mol. The van der Waals surface area contributed by atoms with Crippen LogP contribution in [0, 0.1) is 12.8 Å². The van der Waals surface area contributed by atoms with Gasteiger partial charge in [0, 0.05) is 12.5 Å². The number of rotatable bonds is 3. The normalized spacial score (nSPS) is 24.8. The van der Waals surface area contributed by atoms with E-state index < -0.39 is 0 Å². The van der Waals surface area contributed by atoms with Crippen LogP contribution in [0.25, 0.3) is 0 Å². The molecule has 0 amide bonds. The first-order valence-corrected chi connectivity index (χ1v) is 6.56. The number of nitrogen functional groups attached to an aromatic ring is 1. The fourth-order valence-corrected chi connectivity index (χ4v) is 2.95. The van der Waals surface area contributed by atoms with E-state index in [2.05, 4.69) is 23.1 Å². The highest BCUT2D eigenvalue weighted by atomic mass is 15.1. The van der Waals surface area contributed by atoms with Crippen LogP contribution >= 0.6 is 0 Å². The summed E-state index contributed by atoms with van der Waals surface area (Å²) in [6.07, 6.45) is 6.99. The molecule has 0 bridgehead atoms. The number of aromatic nitrogens is 2. The summed E-state index contributed by atoms with van der Waals surface area (Å²) in [5, 5.41) is 0. The van der Waals surface area contributed by atoms with Crippen molar-refractivity contribution in [1.82, 2.24) is 9.55 Å². The zero-order valence-electron chi connectivity index (χ0n) is 10.9. The molecule has 1 aromatic rings. The van der Waals surface area contributed by atoms with Crippen LogP contribution in [0.5, 0.6) is 0 Å². The number of anilines is 1. The van der Waals surface area contributed by atoms with Gasteiger partial charge in [0.05, 0.1) is 5.69 Å². The molecule has 0 aliphatic heterocycles. The standard InChI is InChI=1S/C14H23N3/c1-4-8-17-11(3)16-13(14(17)15)12-7-5-6-10(2)9-12/h4,10,12H,1,5-9,15H2,2-3H3. The molecular formula is C14H23N3. The Labute approximate surface area is 104 Å². The summed E-state index contributed by atoms with van der Waals surface area (Å²) in [5.74, 6) is 3.22. The highest BCUT2D eigenvalue weighted by molar-refractivity contribution is 5.41. The third-order valence-electron chi connectivity index (χ3n) is 3.86. The summed E-state index contributed by atoms with van der Waals surface area (Å²) in [7, 11) is 0. The predicted molar refractivity (Wildman–Crippen MR) is 71.9 cm³/mol. The van der Waals surface area contributed by atoms with Crippen molar-refractivity contribution < 1.29 is 0 Å². The summed E-state index contributed by atoms with van der Waals surface area (Å²) in [6.45, 7) is 8.88. The zero-order valence-corrected chi connectivity index (χ0v) is 10.9. The minimum absolute atomic E-state index is 0.559. The maximum absolute atomic E-state index is 6.22. The highest BCUT2D eigenvalue weighted by Gasteiger charge is 2.25. The van der Waals surface area contributed by atoms with Gasteiger partial charge in [0.15, 0.2) is 0 Å². The highest BCUT2D eigenvalue weighted by Crippen LogP contribution is 2.37. The van der Waals surface area contributed by atoms with E-state index in [-0.39, 0.29) is 0 Å². The van der Waals surface area contributed by atoms with E-state index in [4.69, 9.17) is 5.73 Å². The fraction of sp³-hybridized carbons (Fsp3) is 0.643. The van der Waals surface area contributed by atoms with Gasteiger partial charge in [0.25, 0.3) is 0 Å². The molecule has 1 aliphatic carbocycles. The van der Waals surface area contributed by atoms with Gasteiger partial charge in [-0.25, -0.2) is 4.98 Å². The lowest BCUT2D eigenvalue weighted by molar-refractivity contribution is 0.341. The van der Waals surface area contributed by atoms with E-state index >= 15 is 0 Å². The van der Waals surface area contributed by atoms with Crippen LogP contribution in [0.1, 0.15) is 50.0 Å². The molecule has 3 heteroatoms. The number of imidazole rings is 1. The molecule has 1 aromatic heterocycles. The van der Waals surface area contributed by atoms with E-state index in [1.54, 1.807) is 0 Å². The molecule has 2 rings (SSSR count). The first-order chi connectivity index (χ1) is 8.13. The predicted octanol–water partition coefficient (Wildman–Crippen LogP) is 3.25. The number of nitrogens with two attached hydrogens (primary N) is 1. The molecule has 1 heterocycles. The van der Waals surface area contributed by atoms with Gasteiger partial charge in [0.2, 0.25) is 0 Å². The number of nitrogens with zero attached hydrogens (tertiary/aromatic N) is 2. The van der Waals surface area contributed by atoms with Crippen LogP contribution < -0.4 is 5.73 Å². The van der Waals surface area contributed by atoms with Crippen LogP contribution in [0.3, 0.4) is 0 Å². The van der Waals surface area contributed by atoms with Gasteiger partial charge >= 0.3 is 0 Å². The monoisotopic (exact) mass is 233 g/mol. The van der Waals surface area contributed by atoms with E-state index in [1.165, 1.54) is 25.7 Å². The second-order valence-electron chi connectivity index (χ2n) is 5.30. The summed E-state index contributed by atoms with van der Waals surface area (Å²) < 4.78 is 2.06. The van der Waals surface area contributed by atoms with Crippen molar-refractivity contribution in [3.63, 3.8) is 0 Å². The number of hydrogen-bond donors (Lipinski definition) is 1. The van der Waals surface area contributed by atoms with Crippen LogP contribution in [0.2, 0.25) is 0 Å². The van der Waals surface area contributed by atoms with Crippen molar-refractivity contribution >= 4 is 5.82 Å². The molecule has 94 valence electrons. The Bertz CT molecular complexity index is 406. The lowest BCUT2D eigenvalue weighted by Gasteiger charge is -2.25. The topological polar surface area (TPSA) is 43.8 Å². The maximum Gasteiger partial charge on any atom is 0.127 e. The SMILES string of the molecule is C=CCn1c(C)nc(C2CCCC(C)C2)c1N. The Hall–Kier alpha value is -1.25. The van der Waals surface area contributed by atoms with Crippen LogP contribution in [0.4, 0.5) is 5.82 Å². The Kier molecular flexibility index (Phi) is 3.55. The molecule has 2 atom stereocenters. The second kappa shape index (κ2) is 4.94. The van der Waals surface area contributed by atoms with Crippen LogP contribution in [-0.2, 0) is 6.54 Å². The van der Waals surface area contributed by atoms with Gasteiger partial charge < -0.3 is 10.3 Å². The van der Waals surface area contributed by atoms with Gasteiger partial charge in [-0.05, 0) is 25.7 Å². The van der Waals surface area contributed by atoms with Crippen molar-refractivity contribution in [2.24, 2.45) is 5.92 Å². The summed E-state index contributed by atoms with van der Waals surface area (Å²) in [4.78, 5) is 4.68. The average Bonchev–Trinajstić information content (AvgIpc) is 2.57. The maximum atomic E-state index is 6.22. The van der Waals surface area contributed by atoms with Crippen molar-refractivity contribution in [2.45, 2.75) is 52.0 Å². The molecule has 2 unspecified atom stereocenters. The molecule has 0 radical (unpaired) electrons. The third kappa shape index (κ3) is 2.38. The van der Waals surface area contributed by atoms with E-state index in [1.807, 2.05) is 13.0 Å². The molecule has 2 N–H and O–H groups in total. The lowest BCUT2D eigenvalue weighted by Crippen LogP contribution is -2.14. The van der Waals surface area contributed by atoms with E-state index in [9.17, 15) is 0 Å². The number of aryl methyl sites for hydroxylation is 1. The Morgan fingerprint density at radius 2 is 2.29 bits per heavy atom. The molecule has 0 aromatic carbocycles. The van der Waals surface area contributed by atoms with Gasteiger partial charge in [-0.3, -0.25) is 0 Å². The largest absolute Gasteiger partial charge is 0.384 e. The fourth-order valence-electron chi connectivity index (χ4n) is 2.95. The third-order valence-corrected chi connectivity index (χ3v) is 3.86. The van der Waals surface area contributed by atoms with Crippen molar-refractivity contribution in [3.8, 4) is 0 Å². The van der Waals surface area contributed by atoms with Crippen molar-refractivity contribution in [3.05, 3.63) is 24.2 Å².